The lowest BCUT2D eigenvalue weighted by molar-refractivity contribution is -0.137. The molecule has 0 aliphatic rings. The summed E-state index contributed by atoms with van der Waals surface area (Å²) < 4.78 is 42.7. The van der Waals surface area contributed by atoms with Gasteiger partial charge in [0.2, 0.25) is 5.91 Å². The Morgan fingerprint density at radius 3 is 2.59 bits per heavy atom. The van der Waals surface area contributed by atoms with Crippen LogP contribution in [-0.4, -0.2) is 35.8 Å². The van der Waals surface area contributed by atoms with E-state index in [0.29, 0.717) is 0 Å². The van der Waals surface area contributed by atoms with E-state index in [-0.39, 0.29) is 18.9 Å². The fourth-order valence-electron chi connectivity index (χ4n) is 1.45. The minimum absolute atomic E-state index is 0.0145. The van der Waals surface area contributed by atoms with Crippen LogP contribution < -0.4 is 15.8 Å². The molecule has 5 nitrogen and oxygen atoms in total. The zero-order chi connectivity index (χ0) is 17.0. The molecule has 22 heavy (non-hydrogen) atoms. The number of benzene rings is 1. The van der Waals surface area contributed by atoms with Gasteiger partial charge in [0, 0.05) is 6.54 Å². The van der Waals surface area contributed by atoms with Gasteiger partial charge in [0.05, 0.1) is 11.1 Å². The van der Waals surface area contributed by atoms with Gasteiger partial charge in [-0.15, -0.1) is 0 Å². The normalized spacial score (nSPS) is 13.6. The number of ether oxygens (including phenoxy) is 1. The predicted octanol–water partition coefficient (Wildman–Crippen LogP) is 1.30. The zero-order valence-electron chi connectivity index (χ0n) is 12.3. The Morgan fingerprint density at radius 1 is 1.41 bits per heavy atom. The highest BCUT2D eigenvalue weighted by molar-refractivity contribution is 5.85. The molecule has 0 aliphatic heterocycles. The maximum atomic E-state index is 12.5. The van der Waals surface area contributed by atoms with Crippen LogP contribution in [-0.2, 0) is 11.0 Å². The number of aliphatic hydroxyl groups excluding tert-OH is 1. The zero-order valence-corrected chi connectivity index (χ0v) is 12.3. The van der Waals surface area contributed by atoms with Crippen molar-refractivity contribution in [3.8, 4) is 5.75 Å². The summed E-state index contributed by atoms with van der Waals surface area (Å²) in [5.74, 6) is -0.468. The number of nitrogens with two attached hydrogens (primary N) is 1. The average Bonchev–Trinajstić information content (AvgIpc) is 2.40. The van der Waals surface area contributed by atoms with E-state index in [0.717, 1.165) is 12.1 Å². The first-order valence-electron chi connectivity index (χ1n) is 6.55. The minimum atomic E-state index is -4.46. The number of amides is 1. The smallest absolute Gasteiger partial charge is 0.416 e. The fraction of sp³-hybridized carbons (Fsp3) is 0.500. The number of hydrogen-bond acceptors (Lipinski definition) is 4. The molecule has 0 aliphatic carbocycles. The number of alkyl halides is 3. The van der Waals surface area contributed by atoms with Gasteiger partial charge < -0.3 is 20.9 Å². The van der Waals surface area contributed by atoms with Crippen molar-refractivity contribution in [2.75, 3.05) is 13.2 Å². The molecule has 1 rings (SSSR count). The number of rotatable bonds is 6. The first kappa shape index (κ1) is 18.2. The Kier molecular flexibility index (Phi) is 5.78. The van der Waals surface area contributed by atoms with Crippen LogP contribution in [0.25, 0.3) is 0 Å². The van der Waals surface area contributed by atoms with Crippen molar-refractivity contribution in [2.24, 2.45) is 5.73 Å². The van der Waals surface area contributed by atoms with Crippen LogP contribution >= 0.6 is 0 Å². The van der Waals surface area contributed by atoms with Gasteiger partial charge in [0.15, 0.2) is 0 Å². The third-order valence-corrected chi connectivity index (χ3v) is 2.69. The van der Waals surface area contributed by atoms with Crippen molar-refractivity contribution in [3.05, 3.63) is 29.8 Å². The molecule has 8 heteroatoms. The second-order valence-corrected chi connectivity index (χ2v) is 5.42. The van der Waals surface area contributed by atoms with Crippen molar-refractivity contribution in [3.63, 3.8) is 0 Å². The van der Waals surface area contributed by atoms with Crippen molar-refractivity contribution in [2.45, 2.75) is 31.7 Å². The molecule has 0 radical (unpaired) electrons. The molecule has 0 saturated heterocycles. The minimum Gasteiger partial charge on any atom is -0.491 e. The summed E-state index contributed by atoms with van der Waals surface area (Å²) in [7, 11) is 0. The van der Waals surface area contributed by atoms with Crippen LogP contribution in [0.2, 0.25) is 0 Å². The molecule has 4 N–H and O–H groups in total. The molecule has 0 saturated carbocycles. The molecule has 0 fully saturated rings. The Morgan fingerprint density at radius 2 is 2.05 bits per heavy atom. The molecule has 124 valence electrons. The summed E-state index contributed by atoms with van der Waals surface area (Å²) in [6.45, 7) is 2.65. The molecule has 1 amide bonds. The molecular formula is C14H19F3N2O3. The second kappa shape index (κ2) is 6.97. The van der Waals surface area contributed by atoms with Crippen LogP contribution in [0.5, 0.6) is 5.75 Å². The summed E-state index contributed by atoms with van der Waals surface area (Å²) in [5, 5.41) is 12.1. The van der Waals surface area contributed by atoms with Crippen molar-refractivity contribution in [1.82, 2.24) is 5.32 Å². The van der Waals surface area contributed by atoms with E-state index in [1.807, 2.05) is 0 Å². The molecule has 0 bridgehead atoms. The van der Waals surface area contributed by atoms with Gasteiger partial charge in [0.25, 0.3) is 0 Å². The summed E-state index contributed by atoms with van der Waals surface area (Å²) in [4.78, 5) is 11.5. The largest absolute Gasteiger partial charge is 0.491 e. The van der Waals surface area contributed by atoms with E-state index < -0.39 is 29.3 Å². The number of halogens is 3. The van der Waals surface area contributed by atoms with Gasteiger partial charge in [-0.2, -0.15) is 13.2 Å². The third-order valence-electron chi connectivity index (χ3n) is 2.69. The van der Waals surface area contributed by atoms with Gasteiger partial charge >= 0.3 is 6.18 Å². The van der Waals surface area contributed by atoms with Gasteiger partial charge in [-0.3, -0.25) is 4.79 Å². The first-order chi connectivity index (χ1) is 10.00. The Balaban J connectivity index is 2.48. The molecule has 1 atom stereocenters. The van der Waals surface area contributed by atoms with Crippen LogP contribution in [0.1, 0.15) is 19.4 Å². The number of hydrogen-bond donors (Lipinski definition) is 3. The fourth-order valence-corrected chi connectivity index (χ4v) is 1.45. The predicted molar refractivity (Wildman–Crippen MR) is 74.2 cm³/mol. The number of aliphatic hydroxyl groups is 1. The highest BCUT2D eigenvalue weighted by Crippen LogP contribution is 2.31. The number of nitrogens with one attached hydrogen (secondary N) is 1. The quantitative estimate of drug-likeness (QED) is 0.737. The highest BCUT2D eigenvalue weighted by Gasteiger charge is 2.30. The van der Waals surface area contributed by atoms with Crippen LogP contribution in [0.4, 0.5) is 13.2 Å². The average molecular weight is 320 g/mol. The van der Waals surface area contributed by atoms with Gasteiger partial charge in [-0.25, -0.2) is 0 Å². The third kappa shape index (κ3) is 5.90. The van der Waals surface area contributed by atoms with E-state index in [1.54, 1.807) is 0 Å². The molecule has 1 unspecified atom stereocenters. The van der Waals surface area contributed by atoms with Crippen LogP contribution in [0.3, 0.4) is 0 Å². The standard InChI is InChI=1S/C14H19F3N2O3/c1-13(2,18)12(21)19-7-10(20)8-22-11-5-3-4-9(6-11)14(15,16)17/h3-6,10,20H,7-8,18H2,1-2H3,(H,19,21). The molecule has 1 aromatic carbocycles. The van der Waals surface area contributed by atoms with Gasteiger partial charge in [-0.05, 0) is 32.0 Å². The van der Waals surface area contributed by atoms with Gasteiger partial charge in [-0.1, -0.05) is 6.07 Å². The summed E-state index contributed by atoms with van der Waals surface area (Å²) >= 11 is 0. The lowest BCUT2D eigenvalue weighted by Crippen LogP contribution is -2.51. The summed E-state index contributed by atoms with van der Waals surface area (Å²) in [6, 6.07) is 4.33. The van der Waals surface area contributed by atoms with Crippen LogP contribution in [0.15, 0.2) is 24.3 Å². The molecule has 0 spiro atoms. The Labute approximate surface area is 126 Å². The second-order valence-electron chi connectivity index (χ2n) is 5.42. The number of carbonyl (C=O) groups is 1. The summed E-state index contributed by atoms with van der Waals surface area (Å²) in [5.41, 5.74) is 3.64. The maximum absolute atomic E-state index is 12.5. The number of carbonyl (C=O) groups excluding carboxylic acids is 1. The van der Waals surface area contributed by atoms with Gasteiger partial charge in [0.1, 0.15) is 18.5 Å². The van der Waals surface area contributed by atoms with E-state index in [4.69, 9.17) is 10.5 Å². The Hall–Kier alpha value is -1.80. The van der Waals surface area contributed by atoms with Crippen LogP contribution in [0, 0.1) is 0 Å². The van der Waals surface area contributed by atoms with Crippen molar-refractivity contribution >= 4 is 5.91 Å². The molecule has 0 heterocycles. The SMILES string of the molecule is CC(C)(N)C(=O)NCC(O)COc1cccc(C(F)(F)F)c1. The van der Waals surface area contributed by atoms with E-state index in [2.05, 4.69) is 5.32 Å². The van der Waals surface area contributed by atoms with Crippen molar-refractivity contribution < 1.29 is 27.8 Å². The molecule has 1 aromatic rings. The van der Waals surface area contributed by atoms with E-state index in [1.165, 1.54) is 26.0 Å². The lowest BCUT2D eigenvalue weighted by atomic mass is 10.1. The van der Waals surface area contributed by atoms with E-state index >= 15 is 0 Å². The maximum Gasteiger partial charge on any atom is 0.416 e. The van der Waals surface area contributed by atoms with Crippen molar-refractivity contribution in [1.29, 1.82) is 0 Å². The molecule has 0 aromatic heterocycles. The lowest BCUT2D eigenvalue weighted by Gasteiger charge is -2.19. The highest BCUT2D eigenvalue weighted by atomic mass is 19.4. The first-order valence-corrected chi connectivity index (χ1v) is 6.55. The Bertz CT molecular complexity index is 513. The van der Waals surface area contributed by atoms with E-state index in [9.17, 15) is 23.1 Å². The monoisotopic (exact) mass is 320 g/mol. The topological polar surface area (TPSA) is 84.6 Å². The summed E-state index contributed by atoms with van der Waals surface area (Å²) in [6.07, 6.45) is -5.53. The molecular weight excluding hydrogens is 301 g/mol.